The number of aromatic nitrogens is 1. The summed E-state index contributed by atoms with van der Waals surface area (Å²) in [5.41, 5.74) is 2.18. The molecule has 0 saturated carbocycles. The lowest BCUT2D eigenvalue weighted by Gasteiger charge is -2.04. The van der Waals surface area contributed by atoms with Crippen LogP contribution in [0.1, 0.15) is 34.1 Å². The van der Waals surface area contributed by atoms with Crippen molar-refractivity contribution in [3.8, 4) is 0 Å². The maximum atomic E-state index is 12.4. The summed E-state index contributed by atoms with van der Waals surface area (Å²) in [6.07, 6.45) is 0.860. The van der Waals surface area contributed by atoms with Gasteiger partial charge in [0.05, 0.1) is 10.2 Å². The molecule has 0 bridgehead atoms. The number of carbonyl (C=O) groups excluding carboxylic acids is 2. The molecule has 0 aliphatic carbocycles. The van der Waals surface area contributed by atoms with Crippen LogP contribution in [-0.2, 0) is 6.42 Å². The number of rotatable bonds is 4. The molecule has 0 radical (unpaired) electrons. The minimum Gasteiger partial charge on any atom is -0.295 e. The van der Waals surface area contributed by atoms with E-state index in [1.165, 1.54) is 11.5 Å². The van der Waals surface area contributed by atoms with E-state index in [4.69, 9.17) is 0 Å². The number of fused-ring (bicyclic) bond motifs is 1. The number of aryl methyl sites for hydroxylation is 1. The Morgan fingerprint density at radius 3 is 2.52 bits per heavy atom. The van der Waals surface area contributed by atoms with Crippen LogP contribution in [0.2, 0.25) is 0 Å². The van der Waals surface area contributed by atoms with Gasteiger partial charge in [-0.1, -0.05) is 41.7 Å². The van der Waals surface area contributed by atoms with Crippen molar-refractivity contribution in [3.05, 3.63) is 69.3 Å². The average molecular weight is 325 g/mol. The van der Waals surface area contributed by atoms with E-state index in [1.54, 1.807) is 18.2 Å². The number of hydrogen-bond acceptors (Lipinski definition) is 4. The van der Waals surface area contributed by atoms with Gasteiger partial charge in [0.25, 0.3) is 0 Å². The highest BCUT2D eigenvalue weighted by molar-refractivity contribution is 7.16. The molecule has 1 aromatic heterocycles. The molecule has 1 heterocycles. The second-order valence-electron chi connectivity index (χ2n) is 5.32. The van der Waals surface area contributed by atoms with E-state index in [9.17, 15) is 14.4 Å². The van der Waals surface area contributed by atoms with E-state index in [0.29, 0.717) is 22.2 Å². The minimum absolute atomic E-state index is 0.0605. The zero-order valence-electron chi connectivity index (χ0n) is 12.6. The quantitative estimate of drug-likeness (QED) is 0.689. The Labute approximate surface area is 137 Å². The Hall–Kier alpha value is -2.53. The van der Waals surface area contributed by atoms with Gasteiger partial charge in [0.15, 0.2) is 5.78 Å². The van der Waals surface area contributed by atoms with Gasteiger partial charge in [-0.05, 0) is 37.1 Å². The van der Waals surface area contributed by atoms with Gasteiger partial charge in [0.1, 0.15) is 0 Å². The molecule has 2 aromatic carbocycles. The molecule has 0 N–H and O–H groups in total. The van der Waals surface area contributed by atoms with Crippen LogP contribution in [0.4, 0.5) is 0 Å². The largest absolute Gasteiger partial charge is 0.314 e. The maximum Gasteiger partial charge on any atom is 0.314 e. The topological polar surface area (TPSA) is 56.1 Å². The molecule has 0 aliphatic heterocycles. The number of hydrogen-bond donors (Lipinski definition) is 0. The van der Waals surface area contributed by atoms with E-state index in [1.807, 2.05) is 30.3 Å². The highest BCUT2D eigenvalue weighted by atomic mass is 32.1. The van der Waals surface area contributed by atoms with Crippen molar-refractivity contribution >= 4 is 33.2 Å². The van der Waals surface area contributed by atoms with Crippen LogP contribution in [0.5, 0.6) is 0 Å². The highest BCUT2D eigenvalue weighted by Gasteiger charge is 2.15. The van der Waals surface area contributed by atoms with Crippen molar-refractivity contribution in [2.24, 2.45) is 0 Å². The van der Waals surface area contributed by atoms with E-state index >= 15 is 0 Å². The van der Waals surface area contributed by atoms with Crippen LogP contribution in [0.3, 0.4) is 0 Å². The normalized spacial score (nSPS) is 10.8. The van der Waals surface area contributed by atoms with Crippen molar-refractivity contribution in [2.45, 2.75) is 19.8 Å². The number of Topliss-reactive ketones (excluding diaryl/α,β-unsaturated/α-hetero) is 1. The second-order valence-corrected chi connectivity index (χ2v) is 6.31. The Kier molecular flexibility index (Phi) is 4.21. The van der Waals surface area contributed by atoms with E-state index < -0.39 is 0 Å². The van der Waals surface area contributed by atoms with Crippen molar-refractivity contribution < 1.29 is 9.59 Å². The summed E-state index contributed by atoms with van der Waals surface area (Å²) in [6, 6.07) is 14.7. The van der Waals surface area contributed by atoms with Gasteiger partial charge in [-0.2, -0.15) is 0 Å². The van der Waals surface area contributed by atoms with E-state index in [0.717, 1.165) is 16.9 Å². The summed E-state index contributed by atoms with van der Waals surface area (Å²) in [7, 11) is 0. The third kappa shape index (κ3) is 3.14. The van der Waals surface area contributed by atoms with Crippen molar-refractivity contribution in [1.82, 2.24) is 4.57 Å². The Bertz CT molecular complexity index is 938. The number of nitrogens with zero attached hydrogens (tertiary/aromatic N) is 1. The molecule has 0 fully saturated rings. The monoisotopic (exact) mass is 325 g/mol. The van der Waals surface area contributed by atoms with E-state index in [-0.39, 0.29) is 23.0 Å². The molecule has 3 aromatic rings. The van der Waals surface area contributed by atoms with Gasteiger partial charge in [-0.25, -0.2) is 4.57 Å². The molecule has 0 saturated heterocycles. The molecule has 0 atom stereocenters. The van der Waals surface area contributed by atoms with Gasteiger partial charge in [-0.3, -0.25) is 14.4 Å². The van der Waals surface area contributed by atoms with Gasteiger partial charge in [-0.15, -0.1) is 0 Å². The number of ketones is 1. The van der Waals surface area contributed by atoms with Crippen LogP contribution in [0.25, 0.3) is 10.2 Å². The van der Waals surface area contributed by atoms with Crippen molar-refractivity contribution in [3.63, 3.8) is 0 Å². The first-order valence-corrected chi connectivity index (χ1v) is 8.11. The lowest BCUT2D eigenvalue weighted by molar-refractivity contribution is 0.0905. The van der Waals surface area contributed by atoms with Crippen LogP contribution in [-0.4, -0.2) is 16.3 Å². The van der Waals surface area contributed by atoms with Gasteiger partial charge in [0, 0.05) is 12.0 Å². The summed E-state index contributed by atoms with van der Waals surface area (Å²) >= 11 is 0.995. The molecule has 5 heteroatoms. The molecule has 23 heavy (non-hydrogen) atoms. The number of carbonyl (C=O) groups is 2. The molecular formula is C18H15NO3S. The van der Waals surface area contributed by atoms with Gasteiger partial charge in [0.2, 0.25) is 5.91 Å². The van der Waals surface area contributed by atoms with Crippen LogP contribution in [0.15, 0.2) is 53.3 Å². The third-order valence-electron chi connectivity index (χ3n) is 3.71. The lowest BCUT2D eigenvalue weighted by Crippen LogP contribution is -2.21. The summed E-state index contributed by atoms with van der Waals surface area (Å²) < 4.78 is 1.88. The maximum absolute atomic E-state index is 12.4. The molecule has 0 spiro atoms. The fourth-order valence-corrected chi connectivity index (χ4v) is 3.41. The predicted octanol–water partition coefficient (Wildman–Crippen LogP) is 3.54. The Morgan fingerprint density at radius 2 is 1.83 bits per heavy atom. The number of benzene rings is 2. The molecule has 0 amide bonds. The smallest absolute Gasteiger partial charge is 0.295 e. The van der Waals surface area contributed by atoms with Crippen molar-refractivity contribution in [1.29, 1.82) is 0 Å². The Morgan fingerprint density at radius 1 is 1.09 bits per heavy atom. The predicted molar refractivity (Wildman–Crippen MR) is 91.5 cm³/mol. The van der Waals surface area contributed by atoms with Crippen LogP contribution >= 0.6 is 11.3 Å². The summed E-state index contributed by atoms with van der Waals surface area (Å²) in [6.45, 7) is 1.48. The van der Waals surface area contributed by atoms with Gasteiger partial charge >= 0.3 is 4.87 Å². The molecule has 4 nitrogen and oxygen atoms in total. The molecule has 0 aliphatic rings. The Balaban J connectivity index is 1.90. The molecule has 0 unspecified atom stereocenters. The second kappa shape index (κ2) is 6.30. The van der Waals surface area contributed by atoms with Gasteiger partial charge < -0.3 is 0 Å². The van der Waals surface area contributed by atoms with E-state index in [2.05, 4.69) is 0 Å². The summed E-state index contributed by atoms with van der Waals surface area (Å²) in [5, 5.41) is 0. The third-order valence-corrected chi connectivity index (χ3v) is 4.61. The summed E-state index contributed by atoms with van der Waals surface area (Å²) in [5.74, 6) is -0.282. The number of thiazole rings is 1. The van der Waals surface area contributed by atoms with Crippen LogP contribution < -0.4 is 4.87 Å². The first-order chi connectivity index (χ1) is 11.1. The fraction of sp³-hybridized carbons (Fsp3) is 0.167. The van der Waals surface area contributed by atoms with Crippen LogP contribution in [0, 0.1) is 0 Å². The average Bonchev–Trinajstić information content (AvgIpc) is 2.88. The first kappa shape index (κ1) is 15.4. The summed E-state index contributed by atoms with van der Waals surface area (Å²) in [4.78, 5) is 35.7. The fourth-order valence-electron chi connectivity index (χ4n) is 2.48. The lowest BCUT2D eigenvalue weighted by atomic mass is 10.1. The SMILES string of the molecule is CC(=O)c1ccc2c(c1)sc(=O)n2C(=O)CCc1ccccc1. The zero-order valence-corrected chi connectivity index (χ0v) is 13.4. The molecular weight excluding hydrogens is 310 g/mol. The minimum atomic E-state index is -0.307. The highest BCUT2D eigenvalue weighted by Crippen LogP contribution is 2.20. The first-order valence-electron chi connectivity index (χ1n) is 7.30. The zero-order chi connectivity index (χ0) is 16.4. The molecule has 116 valence electrons. The van der Waals surface area contributed by atoms with Crippen molar-refractivity contribution in [2.75, 3.05) is 0 Å². The standard InChI is InChI=1S/C18H15NO3S/c1-12(20)14-8-9-15-16(11-14)23-18(22)19(15)17(21)10-7-13-5-3-2-4-6-13/h2-6,8-9,11H,7,10H2,1H3. The molecule has 3 rings (SSSR count).